The highest BCUT2D eigenvalue weighted by Gasteiger charge is 2.22. The fourth-order valence-corrected chi connectivity index (χ4v) is 10.3. The largest absolute Gasteiger partial charge is 0.455 e. The highest BCUT2D eigenvalue weighted by atomic mass is 32.1. The van der Waals surface area contributed by atoms with E-state index in [-0.39, 0.29) is 0 Å². The summed E-state index contributed by atoms with van der Waals surface area (Å²) in [6, 6.07) is 66.8. The zero-order valence-electron chi connectivity index (χ0n) is 29.1. The van der Waals surface area contributed by atoms with Gasteiger partial charge in [-0.2, -0.15) is 0 Å². The van der Waals surface area contributed by atoms with Gasteiger partial charge in [0.2, 0.25) is 0 Å². The number of furan rings is 1. The second-order valence-electron chi connectivity index (χ2n) is 14.3. The van der Waals surface area contributed by atoms with Crippen LogP contribution in [0.15, 0.2) is 186 Å². The molecule has 0 unspecified atom stereocenters. The molecule has 0 aliphatic rings. The molecule has 0 bridgehead atoms. The van der Waals surface area contributed by atoms with Gasteiger partial charge in [0, 0.05) is 26.2 Å². The van der Waals surface area contributed by atoms with Gasteiger partial charge in [-0.15, -0.1) is 11.3 Å². The maximum Gasteiger partial charge on any atom is 0.153 e. The first kappa shape index (κ1) is 29.8. The van der Waals surface area contributed by atoms with Gasteiger partial charge in [-0.3, -0.25) is 0 Å². The van der Waals surface area contributed by atoms with Gasteiger partial charge in [-0.1, -0.05) is 152 Å². The Morgan fingerprint density at radius 1 is 0.352 bits per heavy atom. The Kier molecular flexibility index (Phi) is 6.28. The molecule has 0 aliphatic heterocycles. The lowest BCUT2D eigenvalue weighted by atomic mass is 9.85. The molecule has 0 fully saturated rings. The van der Waals surface area contributed by atoms with Crippen molar-refractivity contribution < 1.29 is 4.42 Å². The van der Waals surface area contributed by atoms with E-state index in [1.165, 1.54) is 102 Å². The van der Waals surface area contributed by atoms with Crippen molar-refractivity contribution in [3.05, 3.63) is 182 Å². The van der Waals surface area contributed by atoms with Crippen molar-refractivity contribution >= 4 is 96.5 Å². The van der Waals surface area contributed by atoms with Gasteiger partial charge in [0.25, 0.3) is 0 Å². The molecule has 12 rings (SSSR count). The van der Waals surface area contributed by atoms with Crippen molar-refractivity contribution in [3.63, 3.8) is 0 Å². The van der Waals surface area contributed by atoms with E-state index in [1.54, 1.807) is 0 Å². The van der Waals surface area contributed by atoms with E-state index in [0.29, 0.717) is 0 Å². The van der Waals surface area contributed by atoms with Crippen LogP contribution < -0.4 is 0 Å². The van der Waals surface area contributed by atoms with Gasteiger partial charge in [0.15, 0.2) is 5.58 Å². The van der Waals surface area contributed by atoms with Crippen LogP contribution in [0.25, 0.3) is 119 Å². The van der Waals surface area contributed by atoms with Crippen LogP contribution in [0.1, 0.15) is 0 Å². The van der Waals surface area contributed by atoms with Crippen molar-refractivity contribution in [1.29, 1.82) is 0 Å². The minimum absolute atomic E-state index is 0.929. The summed E-state index contributed by atoms with van der Waals surface area (Å²) < 4.78 is 9.23. The molecule has 0 amide bonds. The number of benzene rings is 10. The molecular formula is C52H30OS. The molecule has 54 heavy (non-hydrogen) atoms. The molecule has 2 heteroatoms. The molecule has 0 radical (unpaired) electrons. The van der Waals surface area contributed by atoms with Crippen LogP contribution in [-0.2, 0) is 0 Å². The summed E-state index contributed by atoms with van der Waals surface area (Å²) in [6.45, 7) is 0. The highest BCUT2D eigenvalue weighted by Crippen LogP contribution is 2.49. The van der Waals surface area contributed by atoms with Crippen molar-refractivity contribution in [2.45, 2.75) is 0 Å². The number of hydrogen-bond acceptors (Lipinski definition) is 2. The Labute approximate surface area is 314 Å². The zero-order valence-corrected chi connectivity index (χ0v) is 30.0. The third-order valence-corrected chi connectivity index (χ3v) is 12.6. The quantitative estimate of drug-likeness (QED) is 0.167. The first-order chi connectivity index (χ1) is 26.8. The summed E-state index contributed by atoms with van der Waals surface area (Å²) >= 11 is 1.83. The van der Waals surface area contributed by atoms with Gasteiger partial charge >= 0.3 is 0 Å². The molecule has 0 aliphatic carbocycles. The van der Waals surface area contributed by atoms with E-state index >= 15 is 0 Å². The summed E-state index contributed by atoms with van der Waals surface area (Å²) in [5, 5.41) is 14.8. The number of fused-ring (bicyclic) bond motifs is 12. The van der Waals surface area contributed by atoms with E-state index < -0.39 is 0 Å². The molecule has 2 aromatic heterocycles. The van der Waals surface area contributed by atoms with Crippen molar-refractivity contribution in [3.8, 4) is 33.4 Å². The summed E-state index contributed by atoms with van der Waals surface area (Å²) in [4.78, 5) is 0. The third-order valence-electron chi connectivity index (χ3n) is 11.4. The average Bonchev–Trinajstić information content (AvgIpc) is 3.82. The van der Waals surface area contributed by atoms with E-state index in [0.717, 1.165) is 16.6 Å². The van der Waals surface area contributed by atoms with Gasteiger partial charge < -0.3 is 4.42 Å². The van der Waals surface area contributed by atoms with Crippen molar-refractivity contribution in [2.75, 3.05) is 0 Å². The van der Waals surface area contributed by atoms with Crippen LogP contribution in [-0.4, -0.2) is 0 Å². The molecule has 0 saturated carbocycles. The van der Waals surface area contributed by atoms with Gasteiger partial charge in [-0.25, -0.2) is 0 Å². The highest BCUT2D eigenvalue weighted by molar-refractivity contribution is 7.26. The second kappa shape index (κ2) is 11.4. The van der Waals surface area contributed by atoms with Crippen LogP contribution in [0.2, 0.25) is 0 Å². The van der Waals surface area contributed by atoms with Gasteiger partial charge in [0.05, 0.1) is 4.70 Å². The van der Waals surface area contributed by atoms with Gasteiger partial charge in [-0.05, 0) is 107 Å². The summed E-state index contributed by atoms with van der Waals surface area (Å²) in [6.07, 6.45) is 0. The minimum Gasteiger partial charge on any atom is -0.455 e. The molecule has 0 saturated heterocycles. The lowest BCUT2D eigenvalue weighted by molar-refractivity contribution is 0.673. The molecule has 0 spiro atoms. The van der Waals surface area contributed by atoms with Crippen LogP contribution in [0.4, 0.5) is 0 Å². The summed E-state index contributed by atoms with van der Waals surface area (Å²) in [7, 11) is 0. The molecular weight excluding hydrogens is 673 g/mol. The fraction of sp³-hybridized carbons (Fsp3) is 0. The molecule has 1 nitrogen and oxygen atoms in total. The molecule has 2 heterocycles. The predicted octanol–water partition coefficient (Wildman–Crippen LogP) is 15.6. The standard InChI is InChI=1S/C52H30OS/c1-2-14-33-28-36(25-24-31(33)12-1)48-40-20-7-5-18-38(40)47(39-19-6-8-21-41(39)48)35-16-11-15-34(29-35)43-30-44-49-37-17-4-3-13-32(37)26-27-45(49)53-51(44)52-50(43)42-22-9-10-23-46(42)54-52/h1-30H. The van der Waals surface area contributed by atoms with Crippen molar-refractivity contribution in [1.82, 2.24) is 0 Å². The Hall–Kier alpha value is -6.74. The second-order valence-corrected chi connectivity index (χ2v) is 15.4. The van der Waals surface area contributed by atoms with Gasteiger partial charge in [0.1, 0.15) is 5.58 Å². The molecule has 0 atom stereocenters. The maximum absolute atomic E-state index is 6.77. The first-order valence-corrected chi connectivity index (χ1v) is 19.3. The van der Waals surface area contributed by atoms with Crippen LogP contribution >= 0.6 is 11.3 Å². The Morgan fingerprint density at radius 3 is 1.67 bits per heavy atom. The van der Waals surface area contributed by atoms with E-state index in [9.17, 15) is 0 Å². The topological polar surface area (TPSA) is 13.1 Å². The van der Waals surface area contributed by atoms with E-state index in [1.807, 2.05) is 11.3 Å². The normalized spacial score (nSPS) is 12.1. The van der Waals surface area contributed by atoms with Crippen LogP contribution in [0, 0.1) is 0 Å². The number of thiophene rings is 1. The fourth-order valence-electron chi connectivity index (χ4n) is 9.05. The lowest BCUT2D eigenvalue weighted by Crippen LogP contribution is -1.91. The van der Waals surface area contributed by atoms with E-state index in [2.05, 4.69) is 182 Å². The Balaban J connectivity index is 1.15. The average molecular weight is 703 g/mol. The maximum atomic E-state index is 6.77. The lowest BCUT2D eigenvalue weighted by Gasteiger charge is -2.18. The molecule has 12 aromatic rings. The van der Waals surface area contributed by atoms with E-state index in [4.69, 9.17) is 4.42 Å². The smallest absolute Gasteiger partial charge is 0.153 e. The number of rotatable bonds is 3. The summed E-state index contributed by atoms with van der Waals surface area (Å²) in [5.41, 5.74) is 9.32. The minimum atomic E-state index is 0.929. The van der Waals surface area contributed by atoms with Crippen LogP contribution in [0.5, 0.6) is 0 Å². The third kappa shape index (κ3) is 4.26. The molecule has 10 aromatic carbocycles. The predicted molar refractivity (Wildman–Crippen MR) is 233 cm³/mol. The summed E-state index contributed by atoms with van der Waals surface area (Å²) in [5.74, 6) is 0. The Bertz CT molecular complexity index is 3450. The molecule has 250 valence electrons. The SMILES string of the molecule is c1cc(-c2c3ccccc3c(-c3ccc4ccccc4c3)c3ccccc23)cc(-c2cc3c(oc4ccc5ccccc5c43)c3sc4ccccc4c23)c1. The zero-order chi connectivity index (χ0) is 35.3. The Morgan fingerprint density at radius 2 is 0.926 bits per heavy atom. The monoisotopic (exact) mass is 702 g/mol. The van der Waals surface area contributed by atoms with Crippen LogP contribution in [0.3, 0.4) is 0 Å². The van der Waals surface area contributed by atoms with Crippen molar-refractivity contribution in [2.24, 2.45) is 0 Å². The first-order valence-electron chi connectivity index (χ1n) is 18.5. The number of hydrogen-bond donors (Lipinski definition) is 0. The molecule has 0 N–H and O–H groups in total.